The molecule has 1 aliphatic carbocycles. The number of hydrogen-bond donors (Lipinski definition) is 1. The number of hydrogen-bond acceptors (Lipinski definition) is 1. The Labute approximate surface area is 134 Å². The fraction of sp³-hybridized carbons (Fsp3) is 0.500. The average Bonchev–Trinajstić information content (AvgIpc) is 2.41. The van der Waals surface area contributed by atoms with Crippen LogP contribution in [-0.2, 0) is 0 Å². The maximum atomic E-state index is 13.0. The molecular weight excluding hydrogens is 371 g/mol. The molecule has 2 nitrogen and oxygen atoms in total. The molecule has 0 aromatic heterocycles. The van der Waals surface area contributed by atoms with E-state index in [2.05, 4.69) is 21.2 Å². The van der Waals surface area contributed by atoms with E-state index in [4.69, 9.17) is 11.6 Å². The van der Waals surface area contributed by atoms with Crippen molar-refractivity contribution in [3.8, 4) is 0 Å². The molecule has 1 aliphatic rings. The fourth-order valence-electron chi connectivity index (χ4n) is 2.58. The molecule has 2 rings (SSSR count). The van der Waals surface area contributed by atoms with Gasteiger partial charge in [-0.05, 0) is 47.0 Å². The van der Waals surface area contributed by atoms with Gasteiger partial charge in [0.25, 0.3) is 5.91 Å². The standard InChI is InChI=1S/C14H14BrClF3NO/c15-10-6-5-8(7-11(10)16)13(21)20-12-4-2-1-3-9(12)14(17,18)19/h5-7,9,12H,1-4H2,(H,20,21). The van der Waals surface area contributed by atoms with Gasteiger partial charge >= 0.3 is 6.18 Å². The van der Waals surface area contributed by atoms with Crippen LogP contribution in [0.5, 0.6) is 0 Å². The fourth-order valence-corrected chi connectivity index (χ4v) is 3.01. The number of halogens is 5. The van der Waals surface area contributed by atoms with Gasteiger partial charge in [0.15, 0.2) is 0 Å². The van der Waals surface area contributed by atoms with Crippen molar-refractivity contribution in [2.45, 2.75) is 37.9 Å². The molecule has 0 aliphatic heterocycles. The Morgan fingerprint density at radius 2 is 1.95 bits per heavy atom. The molecule has 1 amide bonds. The number of benzene rings is 1. The van der Waals surface area contributed by atoms with E-state index in [1.165, 1.54) is 12.1 Å². The lowest BCUT2D eigenvalue weighted by Crippen LogP contribution is -2.47. The van der Waals surface area contributed by atoms with Crippen molar-refractivity contribution in [2.24, 2.45) is 5.92 Å². The highest BCUT2D eigenvalue weighted by atomic mass is 79.9. The largest absolute Gasteiger partial charge is 0.393 e. The molecule has 0 saturated heterocycles. The average molecular weight is 385 g/mol. The summed E-state index contributed by atoms with van der Waals surface area (Å²) >= 11 is 9.10. The van der Waals surface area contributed by atoms with E-state index in [1.807, 2.05) is 0 Å². The maximum absolute atomic E-state index is 13.0. The molecular formula is C14H14BrClF3NO. The Morgan fingerprint density at radius 3 is 2.57 bits per heavy atom. The monoisotopic (exact) mass is 383 g/mol. The lowest BCUT2D eigenvalue weighted by atomic mass is 9.84. The SMILES string of the molecule is O=C(NC1CCCCC1C(F)(F)F)c1ccc(Br)c(Cl)c1. The molecule has 0 heterocycles. The molecule has 0 radical (unpaired) electrons. The van der Waals surface area contributed by atoms with Crippen LogP contribution in [0.25, 0.3) is 0 Å². The molecule has 1 aromatic rings. The quantitative estimate of drug-likeness (QED) is 0.768. The van der Waals surface area contributed by atoms with E-state index in [0.29, 0.717) is 28.8 Å². The van der Waals surface area contributed by atoms with Crippen molar-refractivity contribution in [1.82, 2.24) is 5.32 Å². The Hall–Kier alpha value is -0.750. The predicted octanol–water partition coefficient (Wildman–Crippen LogP) is 4.95. The minimum atomic E-state index is -4.28. The van der Waals surface area contributed by atoms with E-state index in [9.17, 15) is 18.0 Å². The van der Waals surface area contributed by atoms with Crippen LogP contribution < -0.4 is 5.32 Å². The van der Waals surface area contributed by atoms with E-state index in [1.54, 1.807) is 6.07 Å². The second-order valence-corrected chi connectivity index (χ2v) is 6.40. The summed E-state index contributed by atoms with van der Waals surface area (Å²) in [7, 11) is 0. The lowest BCUT2D eigenvalue weighted by Gasteiger charge is -2.33. The predicted molar refractivity (Wildman–Crippen MR) is 78.4 cm³/mol. The summed E-state index contributed by atoms with van der Waals surface area (Å²) in [6.45, 7) is 0. The topological polar surface area (TPSA) is 29.1 Å². The van der Waals surface area contributed by atoms with Crippen LogP contribution in [0.1, 0.15) is 36.0 Å². The van der Waals surface area contributed by atoms with Crippen molar-refractivity contribution in [1.29, 1.82) is 0 Å². The summed E-state index contributed by atoms with van der Waals surface area (Å²) in [6, 6.07) is 3.69. The first-order chi connectivity index (χ1) is 9.79. The van der Waals surface area contributed by atoms with Crippen LogP contribution in [0.4, 0.5) is 13.2 Å². The zero-order chi connectivity index (χ0) is 15.6. The number of amides is 1. The molecule has 1 N–H and O–H groups in total. The van der Waals surface area contributed by atoms with E-state index >= 15 is 0 Å². The molecule has 1 fully saturated rings. The third kappa shape index (κ3) is 4.13. The Kier molecular flexibility index (Phi) is 5.20. The third-order valence-corrected chi connectivity index (χ3v) is 4.92. The number of alkyl halides is 3. The summed E-state index contributed by atoms with van der Waals surface area (Å²) in [5.41, 5.74) is 0.259. The zero-order valence-corrected chi connectivity index (χ0v) is 13.4. The van der Waals surface area contributed by atoms with Crippen LogP contribution in [0, 0.1) is 5.92 Å². The van der Waals surface area contributed by atoms with Gasteiger partial charge in [-0.15, -0.1) is 0 Å². The van der Waals surface area contributed by atoms with Gasteiger partial charge in [-0.1, -0.05) is 24.4 Å². The van der Waals surface area contributed by atoms with Gasteiger partial charge in [-0.25, -0.2) is 0 Å². The Bertz CT molecular complexity index is 535. The van der Waals surface area contributed by atoms with Gasteiger partial charge in [0, 0.05) is 16.1 Å². The maximum Gasteiger partial charge on any atom is 0.393 e. The summed E-state index contributed by atoms with van der Waals surface area (Å²) in [4.78, 5) is 12.1. The first-order valence-electron chi connectivity index (χ1n) is 6.61. The highest BCUT2D eigenvalue weighted by molar-refractivity contribution is 9.10. The van der Waals surface area contributed by atoms with Gasteiger partial charge in [-0.2, -0.15) is 13.2 Å². The van der Waals surface area contributed by atoms with Gasteiger partial charge < -0.3 is 5.32 Å². The first kappa shape index (κ1) is 16.6. The summed E-state index contributed by atoms with van der Waals surface area (Å²) in [5, 5.41) is 2.85. The molecule has 7 heteroatoms. The molecule has 116 valence electrons. The molecule has 1 aromatic carbocycles. The minimum absolute atomic E-state index is 0.0650. The Balaban J connectivity index is 2.11. The Morgan fingerprint density at radius 1 is 1.29 bits per heavy atom. The number of carbonyl (C=O) groups is 1. The van der Waals surface area contributed by atoms with Crippen molar-refractivity contribution >= 4 is 33.4 Å². The van der Waals surface area contributed by atoms with Crippen LogP contribution in [0.2, 0.25) is 5.02 Å². The van der Waals surface area contributed by atoms with Crippen molar-refractivity contribution in [2.75, 3.05) is 0 Å². The zero-order valence-electron chi connectivity index (χ0n) is 11.0. The van der Waals surface area contributed by atoms with Crippen molar-refractivity contribution < 1.29 is 18.0 Å². The molecule has 0 spiro atoms. The first-order valence-corrected chi connectivity index (χ1v) is 7.79. The lowest BCUT2D eigenvalue weighted by molar-refractivity contribution is -0.187. The van der Waals surface area contributed by atoms with Gasteiger partial charge in [0.05, 0.1) is 10.9 Å². The molecule has 21 heavy (non-hydrogen) atoms. The van der Waals surface area contributed by atoms with E-state index in [0.717, 1.165) is 0 Å². The smallest absolute Gasteiger partial charge is 0.349 e. The van der Waals surface area contributed by atoms with E-state index < -0.39 is 24.0 Å². The molecule has 2 unspecified atom stereocenters. The third-order valence-electron chi connectivity index (χ3n) is 3.68. The van der Waals surface area contributed by atoms with Gasteiger partial charge in [0.1, 0.15) is 0 Å². The highest BCUT2D eigenvalue weighted by Gasteiger charge is 2.45. The van der Waals surface area contributed by atoms with Crippen LogP contribution in [-0.4, -0.2) is 18.1 Å². The normalized spacial score (nSPS) is 22.9. The number of carbonyl (C=O) groups excluding carboxylic acids is 1. The molecule has 2 atom stereocenters. The van der Waals surface area contributed by atoms with Crippen LogP contribution in [0.3, 0.4) is 0 Å². The van der Waals surface area contributed by atoms with Crippen molar-refractivity contribution in [3.63, 3.8) is 0 Å². The second kappa shape index (κ2) is 6.57. The van der Waals surface area contributed by atoms with Gasteiger partial charge in [0.2, 0.25) is 0 Å². The summed E-state index contributed by atoms with van der Waals surface area (Å²) < 4.78 is 39.6. The van der Waals surface area contributed by atoms with Gasteiger partial charge in [-0.3, -0.25) is 4.79 Å². The number of nitrogens with one attached hydrogen (secondary N) is 1. The van der Waals surface area contributed by atoms with E-state index in [-0.39, 0.29) is 12.0 Å². The summed E-state index contributed by atoms with van der Waals surface area (Å²) in [5.74, 6) is -1.99. The van der Waals surface area contributed by atoms with Crippen molar-refractivity contribution in [3.05, 3.63) is 33.3 Å². The minimum Gasteiger partial charge on any atom is -0.349 e. The van der Waals surface area contributed by atoms with Crippen LogP contribution in [0.15, 0.2) is 22.7 Å². The number of rotatable bonds is 2. The van der Waals surface area contributed by atoms with Crippen LogP contribution >= 0.6 is 27.5 Å². The molecule has 0 bridgehead atoms. The summed E-state index contributed by atoms with van der Waals surface area (Å²) in [6.07, 6.45) is -2.63. The highest BCUT2D eigenvalue weighted by Crippen LogP contribution is 2.37. The second-order valence-electron chi connectivity index (χ2n) is 5.14. The molecule has 1 saturated carbocycles.